The van der Waals surface area contributed by atoms with Gasteiger partial charge in [-0.1, -0.05) is 38.2 Å². The Morgan fingerprint density at radius 1 is 1.18 bits per heavy atom. The van der Waals surface area contributed by atoms with Crippen molar-refractivity contribution in [2.75, 3.05) is 40.3 Å². The van der Waals surface area contributed by atoms with Crippen LogP contribution in [0.4, 0.5) is 0 Å². The highest BCUT2D eigenvalue weighted by molar-refractivity contribution is 6.07. The lowest BCUT2D eigenvalue weighted by atomic mass is 9.76. The monoisotopic (exact) mass is 458 g/mol. The number of hydrogen-bond acceptors (Lipinski definition) is 5. The van der Waals surface area contributed by atoms with Gasteiger partial charge in [0.05, 0.1) is 18.3 Å². The van der Waals surface area contributed by atoms with Crippen LogP contribution in [0, 0.1) is 17.3 Å². The topological polar surface area (TPSA) is 39.9 Å². The van der Waals surface area contributed by atoms with Crippen LogP contribution in [0.25, 0.3) is 5.57 Å². The second-order valence-electron chi connectivity index (χ2n) is 11.8. The van der Waals surface area contributed by atoms with Gasteiger partial charge in [-0.05, 0) is 43.7 Å². The minimum atomic E-state index is 0.223. The van der Waals surface area contributed by atoms with Gasteiger partial charge >= 0.3 is 0 Å². The van der Waals surface area contributed by atoms with Crippen molar-refractivity contribution in [3.63, 3.8) is 0 Å². The van der Waals surface area contributed by atoms with E-state index in [1.807, 2.05) is 17.9 Å². The van der Waals surface area contributed by atoms with Crippen LogP contribution in [-0.4, -0.2) is 88.6 Å². The molecular formula is C28H38N6. The van der Waals surface area contributed by atoms with Crippen LogP contribution in [0.1, 0.15) is 25.8 Å². The summed E-state index contributed by atoms with van der Waals surface area (Å²) in [6.07, 6.45) is 19.3. The highest BCUT2D eigenvalue weighted by atomic mass is 15.3. The van der Waals surface area contributed by atoms with E-state index in [2.05, 4.69) is 90.4 Å². The fourth-order valence-electron chi connectivity index (χ4n) is 6.93. The number of allylic oxidation sites excluding steroid dienone is 6. The van der Waals surface area contributed by atoms with E-state index in [-0.39, 0.29) is 5.41 Å². The first kappa shape index (κ1) is 22.1. The lowest BCUT2D eigenvalue weighted by Gasteiger charge is -2.46. The van der Waals surface area contributed by atoms with Crippen LogP contribution in [-0.2, 0) is 7.05 Å². The van der Waals surface area contributed by atoms with Gasteiger partial charge in [0.1, 0.15) is 0 Å². The Kier molecular flexibility index (Phi) is 5.23. The fourth-order valence-corrected chi connectivity index (χ4v) is 6.93. The predicted molar refractivity (Wildman–Crippen MR) is 139 cm³/mol. The molecule has 0 N–H and O–H groups in total. The first-order valence-corrected chi connectivity index (χ1v) is 12.8. The summed E-state index contributed by atoms with van der Waals surface area (Å²) in [5.74, 6) is 0.825. The molecule has 1 aromatic heterocycles. The summed E-state index contributed by atoms with van der Waals surface area (Å²) >= 11 is 0. The number of aromatic nitrogens is 2. The molecule has 0 aromatic carbocycles. The van der Waals surface area contributed by atoms with Crippen molar-refractivity contribution in [2.45, 2.75) is 38.4 Å². The summed E-state index contributed by atoms with van der Waals surface area (Å²) in [6, 6.07) is 1.20. The largest absolute Gasteiger partial charge is 0.367 e. The summed E-state index contributed by atoms with van der Waals surface area (Å²) < 4.78 is 1.88. The molecule has 3 aliphatic heterocycles. The molecule has 6 nitrogen and oxygen atoms in total. The second kappa shape index (κ2) is 8.06. The van der Waals surface area contributed by atoms with Crippen LogP contribution >= 0.6 is 0 Å². The van der Waals surface area contributed by atoms with E-state index in [0.29, 0.717) is 30.0 Å². The molecule has 0 spiro atoms. The second-order valence-corrected chi connectivity index (χ2v) is 11.8. The van der Waals surface area contributed by atoms with Crippen molar-refractivity contribution in [3.8, 4) is 0 Å². The van der Waals surface area contributed by atoms with Crippen molar-refractivity contribution >= 4 is 11.3 Å². The fraction of sp³-hybridized carbons (Fsp3) is 0.571. The van der Waals surface area contributed by atoms with Crippen molar-refractivity contribution < 1.29 is 0 Å². The molecule has 0 radical (unpaired) electrons. The molecule has 5 aliphatic rings. The zero-order valence-electron chi connectivity index (χ0n) is 21.2. The molecule has 2 saturated heterocycles. The standard InChI is InChI=1S/C28H38N6/c1-28(2)17-33(13-12-31(3)4)26-21-11-10-19(20-15-29-32(5)16-20)14-23(21)30-25-22-8-6-7-9-24(22)34(18-28)27(25)26/h6-7,9-11,14-16,21-22,25-27H,8,12-13,17-18H2,1-5H3. The minimum Gasteiger partial charge on any atom is -0.367 e. The number of fused-ring (bicyclic) bond motifs is 5. The molecular weight excluding hydrogens is 420 g/mol. The summed E-state index contributed by atoms with van der Waals surface area (Å²) in [7, 11) is 6.36. The van der Waals surface area contributed by atoms with Crippen LogP contribution < -0.4 is 0 Å². The van der Waals surface area contributed by atoms with Gasteiger partial charge in [-0.3, -0.25) is 14.6 Å². The first-order chi connectivity index (χ1) is 16.3. The normalized spacial score (nSPS) is 33.6. The van der Waals surface area contributed by atoms with Crippen LogP contribution in [0.3, 0.4) is 0 Å². The minimum absolute atomic E-state index is 0.223. The maximum atomic E-state index is 5.54. The third kappa shape index (κ3) is 3.62. The van der Waals surface area contributed by atoms with Gasteiger partial charge < -0.3 is 9.80 Å². The predicted octanol–water partition coefficient (Wildman–Crippen LogP) is 3.23. The van der Waals surface area contributed by atoms with Gasteiger partial charge in [0.2, 0.25) is 0 Å². The van der Waals surface area contributed by atoms with E-state index < -0.39 is 0 Å². The Bertz CT molecular complexity index is 1120. The van der Waals surface area contributed by atoms with Crippen molar-refractivity contribution in [1.82, 2.24) is 24.5 Å². The number of likely N-dealkylation sites (N-methyl/N-ethyl adjacent to an activating group) is 1. The highest BCUT2D eigenvalue weighted by Crippen LogP contribution is 2.49. The maximum absolute atomic E-state index is 5.54. The van der Waals surface area contributed by atoms with E-state index in [1.165, 1.54) is 22.5 Å². The number of rotatable bonds is 4. The quantitative estimate of drug-likeness (QED) is 0.695. The molecule has 5 unspecified atom stereocenters. The molecule has 2 aliphatic carbocycles. The molecule has 0 saturated carbocycles. The summed E-state index contributed by atoms with van der Waals surface area (Å²) in [5.41, 5.74) is 5.40. The lowest BCUT2D eigenvalue weighted by molar-refractivity contribution is 0.100. The Morgan fingerprint density at radius 3 is 2.79 bits per heavy atom. The zero-order chi connectivity index (χ0) is 23.6. The van der Waals surface area contributed by atoms with E-state index >= 15 is 0 Å². The summed E-state index contributed by atoms with van der Waals surface area (Å²) in [6.45, 7) is 9.31. The molecule has 6 heteroatoms. The molecule has 4 heterocycles. The van der Waals surface area contributed by atoms with E-state index in [0.717, 1.165) is 32.6 Å². The van der Waals surface area contributed by atoms with Crippen molar-refractivity contribution in [2.24, 2.45) is 29.3 Å². The molecule has 1 aromatic rings. The Labute approximate surface area is 204 Å². The van der Waals surface area contributed by atoms with Crippen molar-refractivity contribution in [3.05, 3.63) is 60.1 Å². The van der Waals surface area contributed by atoms with E-state index in [9.17, 15) is 0 Å². The van der Waals surface area contributed by atoms with Crippen LogP contribution in [0.5, 0.6) is 0 Å². The smallest absolute Gasteiger partial charge is 0.0807 e. The van der Waals surface area contributed by atoms with Gasteiger partial charge in [-0.15, -0.1) is 0 Å². The Balaban J connectivity index is 1.46. The van der Waals surface area contributed by atoms with Crippen LogP contribution in [0.2, 0.25) is 0 Å². The van der Waals surface area contributed by atoms with Gasteiger partial charge in [0.15, 0.2) is 0 Å². The molecule has 5 atom stereocenters. The zero-order valence-corrected chi connectivity index (χ0v) is 21.2. The SMILES string of the molecule is CN(C)CCN1CC(C)(C)CN2C3=CC=CCC3C3N=C4C=C(c5cnn(C)c5)C=CC4C1C32. The van der Waals surface area contributed by atoms with Crippen molar-refractivity contribution in [1.29, 1.82) is 0 Å². The van der Waals surface area contributed by atoms with Gasteiger partial charge in [0, 0.05) is 74.3 Å². The van der Waals surface area contributed by atoms with E-state index in [4.69, 9.17) is 4.99 Å². The van der Waals surface area contributed by atoms with Gasteiger partial charge in [0.25, 0.3) is 0 Å². The van der Waals surface area contributed by atoms with E-state index in [1.54, 1.807) is 0 Å². The molecule has 0 bridgehead atoms. The number of nitrogens with zero attached hydrogens (tertiary/aromatic N) is 6. The van der Waals surface area contributed by atoms with Gasteiger partial charge in [-0.2, -0.15) is 5.10 Å². The average Bonchev–Trinajstić information content (AvgIpc) is 3.33. The van der Waals surface area contributed by atoms with Crippen LogP contribution in [0.15, 0.2) is 59.5 Å². The number of hydrogen-bond donors (Lipinski definition) is 0. The summed E-state index contributed by atoms with van der Waals surface area (Å²) in [5, 5.41) is 4.40. The maximum Gasteiger partial charge on any atom is 0.0807 e. The third-order valence-corrected chi connectivity index (χ3v) is 8.29. The Morgan fingerprint density at radius 2 is 2.03 bits per heavy atom. The molecule has 0 amide bonds. The number of aryl methyl sites for hydroxylation is 1. The third-order valence-electron chi connectivity index (χ3n) is 8.29. The lowest BCUT2D eigenvalue weighted by Crippen LogP contribution is -2.59. The highest BCUT2D eigenvalue weighted by Gasteiger charge is 2.57. The molecule has 2 fully saturated rings. The first-order valence-electron chi connectivity index (χ1n) is 12.8. The molecule has 180 valence electrons. The van der Waals surface area contributed by atoms with Gasteiger partial charge in [-0.25, -0.2) is 0 Å². The Hall–Kier alpha value is -2.44. The molecule has 34 heavy (non-hydrogen) atoms. The molecule has 6 rings (SSSR count). The summed E-state index contributed by atoms with van der Waals surface area (Å²) in [4.78, 5) is 13.5. The average molecular weight is 459 g/mol. The number of aliphatic imine (C=N–C) groups is 1.